The van der Waals surface area contributed by atoms with Crippen molar-refractivity contribution in [3.8, 4) is 0 Å². The third kappa shape index (κ3) is 9.86. The van der Waals surface area contributed by atoms with Crippen LogP contribution in [0.1, 0.15) is 54.4 Å². The number of rotatable bonds is 8. The highest BCUT2D eigenvalue weighted by Crippen LogP contribution is 2.21. The molecule has 0 fully saturated rings. The van der Waals surface area contributed by atoms with Crippen molar-refractivity contribution in [1.29, 1.82) is 0 Å². The Hall–Kier alpha value is -1.98. The highest BCUT2D eigenvalue weighted by molar-refractivity contribution is 6.13. The van der Waals surface area contributed by atoms with Crippen molar-refractivity contribution in [3.05, 3.63) is 48.2 Å². The van der Waals surface area contributed by atoms with E-state index in [1.165, 1.54) is 0 Å². The number of aliphatic hydroxyl groups excluding tert-OH is 1. The van der Waals surface area contributed by atoms with E-state index in [1.54, 1.807) is 0 Å². The summed E-state index contributed by atoms with van der Waals surface area (Å²) in [6.07, 6.45) is 12.0. The predicted octanol–water partition coefficient (Wildman–Crippen LogP) is 4.64. The quantitative estimate of drug-likeness (QED) is 0.240. The van der Waals surface area contributed by atoms with Crippen molar-refractivity contribution < 1.29 is 5.11 Å². The van der Waals surface area contributed by atoms with Crippen LogP contribution in [0.4, 0.5) is 0 Å². The molecule has 0 aromatic heterocycles. The molecule has 3 N–H and O–H groups in total. The van der Waals surface area contributed by atoms with Gasteiger partial charge in [0.05, 0.1) is 13.3 Å². The van der Waals surface area contributed by atoms with E-state index < -0.39 is 0 Å². The minimum atomic E-state index is 0.0142. The molecule has 2 unspecified atom stereocenters. The van der Waals surface area contributed by atoms with Gasteiger partial charge in [0.2, 0.25) is 0 Å². The van der Waals surface area contributed by atoms with Gasteiger partial charge in [-0.1, -0.05) is 59.4 Å². The van der Waals surface area contributed by atoms with Crippen LogP contribution in [0.3, 0.4) is 0 Å². The largest absolute Gasteiger partial charge is 0.395 e. The third-order valence-corrected chi connectivity index (χ3v) is 4.76. The number of hydrogen-bond acceptors (Lipinski definition) is 4. The lowest BCUT2D eigenvalue weighted by atomic mass is 9.96. The van der Waals surface area contributed by atoms with Crippen molar-refractivity contribution >= 4 is 11.5 Å². The molecule has 2 atom stereocenters. The van der Waals surface area contributed by atoms with Crippen LogP contribution in [0, 0.1) is 11.8 Å². The Balaban J connectivity index is 0.00000379. The maximum absolute atomic E-state index is 9.50. The molecule has 5 heteroatoms. The Kier molecular flexibility index (Phi) is 14.8. The molecule has 0 aromatic carbocycles. The molecule has 5 nitrogen and oxygen atoms in total. The van der Waals surface area contributed by atoms with Gasteiger partial charge in [0.25, 0.3) is 0 Å². The summed E-state index contributed by atoms with van der Waals surface area (Å²) in [4.78, 5) is 9.58. The van der Waals surface area contributed by atoms with Crippen molar-refractivity contribution in [2.45, 2.75) is 60.4 Å². The summed E-state index contributed by atoms with van der Waals surface area (Å²) in [7, 11) is 1.86. The molecule has 29 heavy (non-hydrogen) atoms. The molecular weight excluding hydrogens is 360 g/mol. The van der Waals surface area contributed by atoms with E-state index in [9.17, 15) is 5.11 Å². The molecule has 1 aliphatic carbocycles. The smallest absolute Gasteiger partial charge is 0.155 e. The lowest BCUT2D eigenvalue weighted by molar-refractivity contribution is 0.212. The van der Waals surface area contributed by atoms with E-state index in [1.807, 2.05) is 46.2 Å². The first kappa shape index (κ1) is 27.0. The lowest BCUT2D eigenvalue weighted by Gasteiger charge is -2.19. The Bertz CT molecular complexity index is 627. The van der Waals surface area contributed by atoms with Gasteiger partial charge in [0.1, 0.15) is 0 Å². The minimum Gasteiger partial charge on any atom is -0.395 e. The average Bonchev–Trinajstić information content (AvgIpc) is 2.88. The minimum absolute atomic E-state index is 0.0142. The summed E-state index contributed by atoms with van der Waals surface area (Å²) < 4.78 is 0. The summed E-state index contributed by atoms with van der Waals surface area (Å²) in [5.74, 6) is 1.39. The van der Waals surface area contributed by atoms with E-state index in [-0.39, 0.29) is 12.6 Å². The average molecular weight is 403 g/mol. The second-order valence-electron chi connectivity index (χ2n) is 7.14. The summed E-state index contributed by atoms with van der Waals surface area (Å²) in [5.41, 5.74) is 3.00. The van der Waals surface area contributed by atoms with E-state index in [0.717, 1.165) is 29.7 Å². The monoisotopic (exact) mass is 402 g/mol. The molecule has 0 amide bonds. The zero-order valence-corrected chi connectivity index (χ0v) is 19.5. The molecule has 0 spiro atoms. The Morgan fingerprint density at radius 2 is 2.03 bits per heavy atom. The van der Waals surface area contributed by atoms with Gasteiger partial charge in [0, 0.05) is 30.8 Å². The maximum Gasteiger partial charge on any atom is 0.155 e. The van der Waals surface area contributed by atoms with E-state index in [0.29, 0.717) is 24.3 Å². The third-order valence-electron chi connectivity index (χ3n) is 4.76. The number of aliphatic hydroxyl groups is 1. The summed E-state index contributed by atoms with van der Waals surface area (Å²) in [6.45, 7) is 17.1. The highest BCUT2D eigenvalue weighted by Gasteiger charge is 2.16. The molecule has 164 valence electrons. The Labute approximate surface area is 178 Å². The highest BCUT2D eigenvalue weighted by atomic mass is 16.3. The van der Waals surface area contributed by atoms with Crippen molar-refractivity contribution in [2.75, 3.05) is 20.3 Å². The van der Waals surface area contributed by atoms with Gasteiger partial charge in [-0.15, -0.1) is 0 Å². The molecule has 0 aliphatic heterocycles. The first-order chi connectivity index (χ1) is 13.9. The number of allylic oxidation sites excluding steroid dienone is 4. The van der Waals surface area contributed by atoms with Crippen LogP contribution in [0.25, 0.3) is 0 Å². The molecule has 1 aliphatic rings. The first-order valence-corrected chi connectivity index (χ1v) is 10.7. The topological polar surface area (TPSA) is 69.0 Å². The fraction of sp³-hybridized carbons (Fsp3) is 0.583. The summed E-state index contributed by atoms with van der Waals surface area (Å²) >= 11 is 0. The van der Waals surface area contributed by atoms with Crippen LogP contribution < -0.4 is 10.6 Å². The Morgan fingerprint density at radius 3 is 2.59 bits per heavy atom. The van der Waals surface area contributed by atoms with Crippen LogP contribution in [0.2, 0.25) is 0 Å². The fourth-order valence-corrected chi connectivity index (χ4v) is 2.71. The first-order valence-electron chi connectivity index (χ1n) is 10.7. The second-order valence-corrected chi connectivity index (χ2v) is 7.14. The van der Waals surface area contributed by atoms with Gasteiger partial charge in [-0.3, -0.25) is 10.3 Å². The van der Waals surface area contributed by atoms with E-state index in [2.05, 4.69) is 50.1 Å². The molecule has 1 rings (SSSR count). The van der Waals surface area contributed by atoms with Gasteiger partial charge >= 0.3 is 0 Å². The number of aliphatic imine (C=N–C) groups is 2. The van der Waals surface area contributed by atoms with Gasteiger partial charge in [-0.25, -0.2) is 4.99 Å². The van der Waals surface area contributed by atoms with Crippen LogP contribution in [-0.4, -0.2) is 43.0 Å². The van der Waals surface area contributed by atoms with Gasteiger partial charge in [-0.2, -0.15) is 0 Å². The standard InChI is InChI=1S/C22H36N4O.C2H6/c1-7-19(12-13-23-6)22(25-15-24-21(14-27)16(2)3)26-20-11-9-8-10-17(4)18(20)5;1-2/h7-9,12-13,16-17,21,23-24,27H,5,10-11,14-15H2,1-4,6H3;1-2H3/b13-12-,19-7+,25-22-,26-20?;. The summed E-state index contributed by atoms with van der Waals surface area (Å²) in [6, 6.07) is 0.0142. The molecular formula is C24H42N4O. The summed E-state index contributed by atoms with van der Waals surface area (Å²) in [5, 5.41) is 15.8. The van der Waals surface area contributed by atoms with E-state index >= 15 is 0 Å². The van der Waals surface area contributed by atoms with Crippen LogP contribution in [0.15, 0.2) is 58.2 Å². The number of nitrogens with zero attached hydrogens (tertiary/aromatic N) is 2. The number of nitrogens with one attached hydrogen (secondary N) is 2. The normalized spacial score (nSPS) is 20.7. The number of amidine groups is 1. The fourth-order valence-electron chi connectivity index (χ4n) is 2.71. The Morgan fingerprint density at radius 1 is 1.34 bits per heavy atom. The zero-order valence-electron chi connectivity index (χ0n) is 19.5. The van der Waals surface area contributed by atoms with Crippen molar-refractivity contribution in [3.63, 3.8) is 0 Å². The van der Waals surface area contributed by atoms with Gasteiger partial charge in [0.15, 0.2) is 5.84 Å². The number of hydrogen-bond donors (Lipinski definition) is 3. The van der Waals surface area contributed by atoms with Crippen LogP contribution in [0.5, 0.6) is 0 Å². The van der Waals surface area contributed by atoms with Crippen LogP contribution >= 0.6 is 0 Å². The van der Waals surface area contributed by atoms with E-state index in [4.69, 9.17) is 9.98 Å². The SMILES string of the molecule is C=C1C(=NC(=N\CNC(CO)C(C)C)/C(/C=C\NC)=C/C)CC=CCC1C.CC. The van der Waals surface area contributed by atoms with Crippen LogP contribution in [-0.2, 0) is 0 Å². The molecule has 0 saturated carbocycles. The molecule has 0 bridgehead atoms. The predicted molar refractivity (Wildman–Crippen MR) is 129 cm³/mol. The van der Waals surface area contributed by atoms with Gasteiger partial charge in [-0.05, 0) is 43.0 Å². The molecule has 0 saturated heterocycles. The van der Waals surface area contributed by atoms with Crippen molar-refractivity contribution in [2.24, 2.45) is 21.8 Å². The zero-order chi connectivity index (χ0) is 22.2. The molecule has 0 radical (unpaired) electrons. The molecule has 0 heterocycles. The second kappa shape index (κ2) is 15.9. The maximum atomic E-state index is 9.50. The molecule has 0 aromatic rings. The lowest BCUT2D eigenvalue weighted by Crippen LogP contribution is -2.37. The van der Waals surface area contributed by atoms with Crippen molar-refractivity contribution in [1.82, 2.24) is 10.6 Å². The van der Waals surface area contributed by atoms with Gasteiger partial charge < -0.3 is 10.4 Å².